The Kier molecular flexibility index (Phi) is 6.92. The van der Waals surface area contributed by atoms with Crippen LogP contribution in [-0.4, -0.2) is 45.9 Å². The second-order valence-electron chi connectivity index (χ2n) is 11.4. The summed E-state index contributed by atoms with van der Waals surface area (Å²) in [6, 6.07) is 18.3. The first kappa shape index (κ1) is 27.8. The molecule has 0 spiro atoms. The Hall–Kier alpha value is -4.98. The molecular weight excluding hydrogens is 557 g/mol. The Morgan fingerprint density at radius 2 is 1.95 bits per heavy atom. The van der Waals surface area contributed by atoms with E-state index in [0.29, 0.717) is 58.3 Å². The van der Waals surface area contributed by atoms with Crippen molar-refractivity contribution in [2.24, 2.45) is 7.05 Å². The zero-order valence-electron chi connectivity index (χ0n) is 24.6. The van der Waals surface area contributed by atoms with Crippen LogP contribution in [0.4, 0.5) is 15.9 Å². The Morgan fingerprint density at radius 1 is 1.11 bits per heavy atom. The molecule has 1 amide bonds. The van der Waals surface area contributed by atoms with Gasteiger partial charge in [0.1, 0.15) is 18.0 Å². The molecule has 3 heterocycles. The number of nitriles is 1. The van der Waals surface area contributed by atoms with E-state index in [1.807, 2.05) is 42.8 Å². The number of aryl methyl sites for hydroxylation is 1. The van der Waals surface area contributed by atoms with Crippen molar-refractivity contribution in [3.05, 3.63) is 89.1 Å². The molecule has 220 valence electrons. The summed E-state index contributed by atoms with van der Waals surface area (Å²) < 4.78 is 22.3. The average Bonchev–Trinajstić information content (AvgIpc) is 3.74. The minimum Gasteiger partial charge on any atom is -0.383 e. The summed E-state index contributed by atoms with van der Waals surface area (Å²) in [4.78, 5) is 20.8. The molecule has 0 saturated heterocycles. The number of aromatic nitrogens is 4. The second kappa shape index (κ2) is 10.9. The number of hydrogen-bond acceptors (Lipinski definition) is 7. The number of nitrogens with one attached hydrogen (secondary N) is 1. The summed E-state index contributed by atoms with van der Waals surface area (Å²) in [5.74, 6) is 0.760. The molecule has 9 nitrogen and oxygen atoms in total. The number of amides is 1. The maximum absolute atomic E-state index is 15.3. The van der Waals surface area contributed by atoms with Crippen LogP contribution in [0.2, 0.25) is 0 Å². The van der Waals surface area contributed by atoms with Crippen LogP contribution in [0, 0.1) is 17.1 Å². The van der Waals surface area contributed by atoms with Gasteiger partial charge in [-0.15, -0.1) is 10.2 Å². The van der Waals surface area contributed by atoms with Gasteiger partial charge in [-0.25, -0.2) is 9.37 Å². The van der Waals surface area contributed by atoms with E-state index in [9.17, 15) is 10.1 Å². The van der Waals surface area contributed by atoms with Crippen molar-refractivity contribution in [2.45, 2.75) is 31.7 Å². The van der Waals surface area contributed by atoms with Crippen LogP contribution in [-0.2, 0) is 11.8 Å². The Bertz CT molecular complexity index is 1990. The average molecular weight is 588 g/mol. The molecular formula is C34H30FN7O2. The number of nitrogens with zero attached hydrogens (tertiary/aromatic N) is 6. The third-order valence-electron chi connectivity index (χ3n) is 8.46. The van der Waals surface area contributed by atoms with Crippen molar-refractivity contribution in [2.75, 3.05) is 25.2 Å². The number of benzene rings is 3. The molecule has 1 N–H and O–H groups in total. The van der Waals surface area contributed by atoms with Crippen molar-refractivity contribution in [3.8, 4) is 28.6 Å². The van der Waals surface area contributed by atoms with Crippen molar-refractivity contribution in [1.29, 1.82) is 5.26 Å². The van der Waals surface area contributed by atoms with Gasteiger partial charge >= 0.3 is 0 Å². The molecule has 7 rings (SSSR count). The second-order valence-corrected chi connectivity index (χ2v) is 11.4. The summed E-state index contributed by atoms with van der Waals surface area (Å²) in [5, 5.41) is 22.4. The van der Waals surface area contributed by atoms with E-state index in [4.69, 9.17) is 9.72 Å². The SMILES string of the molecule is COCCNC(C)c1cc2c3c(ccc(F)c3c1)N(c1cc(-c3ccc(C#N)cc3-c3nncn3C)cc(C3CC3)n1)C2=O. The number of carbonyl (C=O) groups is 1. The molecule has 44 heavy (non-hydrogen) atoms. The van der Waals surface area contributed by atoms with E-state index in [1.165, 1.54) is 6.07 Å². The van der Waals surface area contributed by atoms with Gasteiger partial charge in [0.25, 0.3) is 5.91 Å². The first-order chi connectivity index (χ1) is 21.4. The summed E-state index contributed by atoms with van der Waals surface area (Å²) in [6.45, 7) is 3.15. The van der Waals surface area contributed by atoms with Crippen LogP contribution in [0.3, 0.4) is 0 Å². The van der Waals surface area contributed by atoms with Gasteiger partial charge in [-0.1, -0.05) is 6.07 Å². The van der Waals surface area contributed by atoms with Crippen molar-refractivity contribution >= 4 is 28.2 Å². The van der Waals surface area contributed by atoms with Gasteiger partial charge in [-0.3, -0.25) is 9.69 Å². The molecule has 3 aromatic carbocycles. The fourth-order valence-corrected chi connectivity index (χ4v) is 5.98. The van der Waals surface area contributed by atoms with Crippen molar-refractivity contribution < 1.29 is 13.9 Å². The number of carbonyl (C=O) groups excluding carboxylic acids is 1. The van der Waals surface area contributed by atoms with Crippen LogP contribution in [0.1, 0.15) is 58.9 Å². The fourth-order valence-electron chi connectivity index (χ4n) is 5.98. The molecule has 0 radical (unpaired) electrons. The lowest BCUT2D eigenvalue weighted by Gasteiger charge is -2.20. The molecule has 2 aromatic heterocycles. The third-order valence-corrected chi connectivity index (χ3v) is 8.46. The number of ether oxygens (including phenoxy) is 1. The van der Waals surface area contributed by atoms with Gasteiger partial charge in [-0.2, -0.15) is 5.26 Å². The quantitative estimate of drug-likeness (QED) is 0.205. The zero-order valence-corrected chi connectivity index (χ0v) is 24.6. The monoisotopic (exact) mass is 587 g/mol. The van der Waals surface area contributed by atoms with Gasteiger partial charge < -0.3 is 14.6 Å². The number of halogens is 1. The normalized spacial score (nSPS) is 14.8. The van der Waals surface area contributed by atoms with Crippen LogP contribution >= 0.6 is 0 Å². The number of anilines is 2. The zero-order chi connectivity index (χ0) is 30.5. The lowest BCUT2D eigenvalue weighted by molar-refractivity contribution is 0.100. The molecule has 2 aliphatic rings. The number of methoxy groups -OCH3 is 1. The van der Waals surface area contributed by atoms with Crippen molar-refractivity contribution in [3.63, 3.8) is 0 Å². The van der Waals surface area contributed by atoms with E-state index < -0.39 is 0 Å². The predicted molar refractivity (Wildman–Crippen MR) is 165 cm³/mol. The van der Waals surface area contributed by atoms with Crippen LogP contribution in [0.25, 0.3) is 33.3 Å². The number of rotatable bonds is 9. The molecule has 0 bridgehead atoms. The summed E-state index contributed by atoms with van der Waals surface area (Å²) in [6.07, 6.45) is 3.66. The van der Waals surface area contributed by atoms with Gasteiger partial charge in [0.05, 0.1) is 29.5 Å². The van der Waals surface area contributed by atoms with E-state index in [1.54, 1.807) is 36.5 Å². The molecule has 1 unspecified atom stereocenters. The predicted octanol–water partition coefficient (Wildman–Crippen LogP) is 6.17. The molecule has 1 aliphatic heterocycles. The van der Waals surface area contributed by atoms with Gasteiger partial charge in [0.2, 0.25) is 0 Å². The summed E-state index contributed by atoms with van der Waals surface area (Å²) in [5.41, 5.74) is 5.71. The third kappa shape index (κ3) is 4.71. The number of pyridine rings is 1. The topological polar surface area (TPSA) is 109 Å². The molecule has 5 aromatic rings. The smallest absolute Gasteiger partial charge is 0.264 e. The lowest BCUT2D eigenvalue weighted by Crippen LogP contribution is -2.24. The van der Waals surface area contributed by atoms with E-state index in [0.717, 1.165) is 40.8 Å². The van der Waals surface area contributed by atoms with Crippen LogP contribution < -0.4 is 10.2 Å². The minimum atomic E-state index is -0.378. The first-order valence-electron chi connectivity index (χ1n) is 14.6. The van der Waals surface area contributed by atoms with E-state index in [2.05, 4.69) is 27.6 Å². The fraction of sp³-hybridized carbons (Fsp3) is 0.265. The van der Waals surface area contributed by atoms with E-state index >= 15 is 4.39 Å². The highest BCUT2D eigenvalue weighted by Crippen LogP contribution is 2.47. The summed E-state index contributed by atoms with van der Waals surface area (Å²) >= 11 is 0. The Morgan fingerprint density at radius 3 is 2.68 bits per heavy atom. The van der Waals surface area contributed by atoms with Crippen LogP contribution in [0.5, 0.6) is 0 Å². The number of hydrogen-bond donors (Lipinski definition) is 1. The highest BCUT2D eigenvalue weighted by molar-refractivity contribution is 6.28. The molecule has 1 fully saturated rings. The van der Waals surface area contributed by atoms with Crippen molar-refractivity contribution in [1.82, 2.24) is 25.1 Å². The highest BCUT2D eigenvalue weighted by atomic mass is 19.1. The van der Waals surface area contributed by atoms with Crippen LogP contribution in [0.15, 0.2) is 60.9 Å². The summed E-state index contributed by atoms with van der Waals surface area (Å²) in [7, 11) is 3.50. The van der Waals surface area contributed by atoms with Gasteiger partial charge in [0, 0.05) is 54.7 Å². The molecule has 1 aliphatic carbocycles. The largest absolute Gasteiger partial charge is 0.383 e. The van der Waals surface area contributed by atoms with E-state index in [-0.39, 0.29) is 17.8 Å². The first-order valence-corrected chi connectivity index (χ1v) is 14.6. The minimum absolute atomic E-state index is 0.117. The van der Waals surface area contributed by atoms with Gasteiger partial charge in [-0.05, 0) is 85.0 Å². The Balaban J connectivity index is 1.37. The lowest BCUT2D eigenvalue weighted by atomic mass is 9.96. The molecule has 1 atom stereocenters. The molecule has 1 saturated carbocycles. The maximum atomic E-state index is 15.3. The Labute approximate surface area is 253 Å². The molecule has 10 heteroatoms. The highest BCUT2D eigenvalue weighted by Gasteiger charge is 2.35. The maximum Gasteiger partial charge on any atom is 0.264 e. The van der Waals surface area contributed by atoms with Gasteiger partial charge in [0.15, 0.2) is 5.82 Å². The standard InChI is InChI=1S/C34H30FN7O2/c1-19(37-10-11-44-3)22-13-26-28(35)8-9-30-32(26)27(14-22)34(43)42(30)31-16-23(15-29(39-31)21-5-6-21)24-7-4-20(17-36)12-25(24)33-40-38-18-41(33)2/h4,7-9,12-16,18-19,21,37H,5-6,10-11H2,1-3H3.